The predicted molar refractivity (Wildman–Crippen MR) is 114 cm³/mol. The Morgan fingerprint density at radius 2 is 1.66 bits per heavy atom. The van der Waals surface area contributed by atoms with Crippen molar-refractivity contribution in [3.63, 3.8) is 0 Å². The molecular formula is C21H26N4O4. The molecule has 0 aromatic heterocycles. The number of hydrogen-bond acceptors (Lipinski definition) is 6. The Balaban J connectivity index is 1.78. The lowest BCUT2D eigenvalue weighted by molar-refractivity contribution is -0.123. The highest BCUT2D eigenvalue weighted by molar-refractivity contribution is 6.05. The van der Waals surface area contributed by atoms with Crippen LogP contribution in [0, 0.1) is 0 Å². The normalized spacial score (nSPS) is 10.8. The number of amides is 2. The van der Waals surface area contributed by atoms with Crippen LogP contribution in [0.5, 0.6) is 11.5 Å². The number of methoxy groups -OCH3 is 1. The summed E-state index contributed by atoms with van der Waals surface area (Å²) in [6.45, 7) is 1.44. The van der Waals surface area contributed by atoms with E-state index in [1.165, 1.54) is 7.11 Å². The SMILES string of the molecule is COc1ccccc1OCC(=O)N/N=C(\C)CC(=O)Nc1ccc(N(C)C)cc1. The molecule has 8 heteroatoms. The second-order valence-electron chi connectivity index (χ2n) is 6.49. The molecule has 8 nitrogen and oxygen atoms in total. The number of ether oxygens (including phenoxy) is 2. The van der Waals surface area contributed by atoms with E-state index in [9.17, 15) is 9.59 Å². The lowest BCUT2D eigenvalue weighted by Gasteiger charge is -2.13. The van der Waals surface area contributed by atoms with Gasteiger partial charge in [0.1, 0.15) is 0 Å². The van der Waals surface area contributed by atoms with Gasteiger partial charge in [0.15, 0.2) is 18.1 Å². The number of benzene rings is 2. The van der Waals surface area contributed by atoms with Crippen LogP contribution in [0.3, 0.4) is 0 Å². The first-order valence-corrected chi connectivity index (χ1v) is 9.04. The molecule has 2 aromatic carbocycles. The molecule has 0 heterocycles. The van der Waals surface area contributed by atoms with Gasteiger partial charge in [0.25, 0.3) is 5.91 Å². The van der Waals surface area contributed by atoms with Crippen LogP contribution >= 0.6 is 0 Å². The van der Waals surface area contributed by atoms with Gasteiger partial charge in [-0.05, 0) is 43.3 Å². The zero-order valence-electron chi connectivity index (χ0n) is 17.1. The van der Waals surface area contributed by atoms with Crippen molar-refractivity contribution in [2.75, 3.05) is 38.0 Å². The lowest BCUT2D eigenvalue weighted by atomic mass is 10.2. The van der Waals surface area contributed by atoms with Crippen molar-refractivity contribution in [3.8, 4) is 11.5 Å². The number of carbonyl (C=O) groups excluding carboxylic acids is 2. The van der Waals surface area contributed by atoms with Gasteiger partial charge in [0.2, 0.25) is 5.91 Å². The van der Waals surface area contributed by atoms with Gasteiger partial charge in [-0.1, -0.05) is 12.1 Å². The number of para-hydroxylation sites is 2. The molecule has 0 aliphatic heterocycles. The number of hydrogen-bond donors (Lipinski definition) is 2. The quantitative estimate of drug-likeness (QED) is 0.500. The van der Waals surface area contributed by atoms with Crippen molar-refractivity contribution in [3.05, 3.63) is 48.5 Å². The third-order valence-electron chi connectivity index (χ3n) is 3.88. The summed E-state index contributed by atoms with van der Waals surface area (Å²) >= 11 is 0. The van der Waals surface area contributed by atoms with E-state index in [1.807, 2.05) is 43.3 Å². The van der Waals surface area contributed by atoms with Crippen molar-refractivity contribution in [1.82, 2.24) is 5.43 Å². The molecule has 2 N–H and O–H groups in total. The van der Waals surface area contributed by atoms with Gasteiger partial charge in [0, 0.05) is 31.2 Å². The van der Waals surface area contributed by atoms with Crippen molar-refractivity contribution in [2.45, 2.75) is 13.3 Å². The fourth-order valence-electron chi connectivity index (χ4n) is 2.39. The smallest absolute Gasteiger partial charge is 0.277 e. The molecular weight excluding hydrogens is 372 g/mol. The van der Waals surface area contributed by atoms with Gasteiger partial charge in [-0.25, -0.2) is 5.43 Å². The average molecular weight is 398 g/mol. The number of nitrogens with zero attached hydrogens (tertiary/aromatic N) is 2. The summed E-state index contributed by atoms with van der Waals surface area (Å²) in [6.07, 6.45) is 0.0586. The second-order valence-corrected chi connectivity index (χ2v) is 6.49. The average Bonchev–Trinajstić information content (AvgIpc) is 2.71. The van der Waals surface area contributed by atoms with E-state index < -0.39 is 5.91 Å². The number of nitrogens with one attached hydrogen (secondary N) is 2. The topological polar surface area (TPSA) is 92.3 Å². The van der Waals surface area contributed by atoms with Crippen molar-refractivity contribution >= 4 is 28.9 Å². The lowest BCUT2D eigenvalue weighted by Crippen LogP contribution is -2.26. The Hall–Kier alpha value is -3.55. The van der Waals surface area contributed by atoms with Crippen LogP contribution in [0.15, 0.2) is 53.6 Å². The molecule has 2 amide bonds. The molecule has 2 rings (SSSR count). The number of anilines is 2. The first-order valence-electron chi connectivity index (χ1n) is 9.04. The Kier molecular flexibility index (Phi) is 8.02. The molecule has 0 atom stereocenters. The van der Waals surface area contributed by atoms with Crippen LogP contribution in [0.1, 0.15) is 13.3 Å². The number of carbonyl (C=O) groups is 2. The van der Waals surface area contributed by atoms with E-state index in [-0.39, 0.29) is 18.9 Å². The molecule has 0 fully saturated rings. The van der Waals surface area contributed by atoms with Crippen LogP contribution in [0.4, 0.5) is 11.4 Å². The molecule has 0 aliphatic carbocycles. The maximum atomic E-state index is 12.1. The molecule has 0 radical (unpaired) electrons. The third-order valence-corrected chi connectivity index (χ3v) is 3.88. The van der Waals surface area contributed by atoms with E-state index in [2.05, 4.69) is 15.8 Å². The van der Waals surface area contributed by atoms with Crippen LogP contribution in [0.2, 0.25) is 0 Å². The van der Waals surface area contributed by atoms with Gasteiger partial charge in [0.05, 0.1) is 13.5 Å². The molecule has 2 aromatic rings. The minimum atomic E-state index is -0.435. The molecule has 0 unspecified atom stereocenters. The Morgan fingerprint density at radius 1 is 1.00 bits per heavy atom. The van der Waals surface area contributed by atoms with Gasteiger partial charge in [-0.15, -0.1) is 0 Å². The zero-order valence-corrected chi connectivity index (χ0v) is 17.1. The van der Waals surface area contributed by atoms with Crippen molar-refractivity contribution in [1.29, 1.82) is 0 Å². The molecule has 0 bridgehead atoms. The van der Waals surface area contributed by atoms with E-state index >= 15 is 0 Å². The standard InChI is InChI=1S/C21H26N4O4/c1-15(13-20(26)22-16-9-11-17(12-10-16)25(2)3)23-24-21(27)14-29-19-8-6-5-7-18(19)28-4/h5-12H,13-14H2,1-4H3,(H,22,26)(H,24,27)/b23-15+. The van der Waals surface area contributed by atoms with Crippen molar-refractivity contribution < 1.29 is 19.1 Å². The number of rotatable bonds is 9. The van der Waals surface area contributed by atoms with Crippen molar-refractivity contribution in [2.24, 2.45) is 5.10 Å². The number of hydrazone groups is 1. The highest BCUT2D eigenvalue weighted by atomic mass is 16.5. The zero-order chi connectivity index (χ0) is 21.2. The third kappa shape index (κ3) is 7.17. The Morgan fingerprint density at radius 3 is 2.28 bits per heavy atom. The second kappa shape index (κ2) is 10.7. The molecule has 0 saturated heterocycles. The summed E-state index contributed by atoms with van der Waals surface area (Å²) < 4.78 is 10.6. The van der Waals surface area contributed by atoms with Crippen LogP contribution in [-0.2, 0) is 9.59 Å². The van der Waals surface area contributed by atoms with E-state index in [0.29, 0.717) is 22.9 Å². The summed E-state index contributed by atoms with van der Waals surface area (Å²) in [5, 5.41) is 6.73. The van der Waals surface area contributed by atoms with Gasteiger partial charge < -0.3 is 19.7 Å². The monoisotopic (exact) mass is 398 g/mol. The van der Waals surface area contributed by atoms with E-state index in [1.54, 1.807) is 31.2 Å². The predicted octanol–water partition coefficient (Wildman–Crippen LogP) is 2.66. The Labute approximate surface area is 170 Å². The summed E-state index contributed by atoms with van der Waals surface area (Å²) in [5.74, 6) is 0.346. The highest BCUT2D eigenvalue weighted by Gasteiger charge is 2.08. The summed E-state index contributed by atoms with van der Waals surface area (Å²) in [5.41, 5.74) is 4.58. The van der Waals surface area contributed by atoms with E-state index in [4.69, 9.17) is 9.47 Å². The summed E-state index contributed by atoms with van der Waals surface area (Å²) in [7, 11) is 5.42. The molecule has 29 heavy (non-hydrogen) atoms. The summed E-state index contributed by atoms with van der Waals surface area (Å²) in [4.78, 5) is 26.0. The maximum Gasteiger partial charge on any atom is 0.277 e. The molecule has 0 saturated carbocycles. The fraction of sp³-hybridized carbons (Fsp3) is 0.286. The first-order chi connectivity index (χ1) is 13.9. The van der Waals surface area contributed by atoms with Gasteiger partial charge in [-0.2, -0.15) is 5.10 Å². The Bertz CT molecular complexity index is 863. The minimum absolute atomic E-state index is 0.0586. The van der Waals surface area contributed by atoms with Crippen LogP contribution < -0.4 is 25.1 Å². The van der Waals surface area contributed by atoms with Gasteiger partial charge >= 0.3 is 0 Å². The summed E-state index contributed by atoms with van der Waals surface area (Å²) in [6, 6.07) is 14.5. The molecule has 154 valence electrons. The van der Waals surface area contributed by atoms with Crippen LogP contribution in [0.25, 0.3) is 0 Å². The van der Waals surface area contributed by atoms with Crippen LogP contribution in [-0.4, -0.2) is 45.3 Å². The highest BCUT2D eigenvalue weighted by Crippen LogP contribution is 2.25. The minimum Gasteiger partial charge on any atom is -0.493 e. The first kappa shape index (κ1) is 21.7. The fourth-order valence-corrected chi connectivity index (χ4v) is 2.39. The largest absolute Gasteiger partial charge is 0.493 e. The van der Waals surface area contributed by atoms with Gasteiger partial charge in [-0.3, -0.25) is 9.59 Å². The molecule has 0 aliphatic rings. The maximum absolute atomic E-state index is 12.1. The van der Waals surface area contributed by atoms with E-state index in [0.717, 1.165) is 5.69 Å². The molecule has 0 spiro atoms.